The van der Waals surface area contributed by atoms with Crippen LogP contribution in [0.1, 0.15) is 32.8 Å². The quantitative estimate of drug-likeness (QED) is 0.920. The van der Waals surface area contributed by atoms with E-state index in [1.165, 1.54) is 0 Å². The van der Waals surface area contributed by atoms with Crippen molar-refractivity contribution < 1.29 is 4.79 Å². The first kappa shape index (κ1) is 17.3. The van der Waals surface area contributed by atoms with Crippen LogP contribution in [0.4, 0.5) is 0 Å². The number of nitrogens with zero attached hydrogens (tertiary/aromatic N) is 1. The molecule has 0 aromatic heterocycles. The first-order valence-corrected chi connectivity index (χ1v) is 7.30. The standard InChI is InChI=1S/C15H22Cl2N2O/c1-15(2,3)13(18)8-14(20)19(4)9-10-5-6-11(16)12(17)7-10/h5-7,13H,8-9,18H2,1-4H3. The molecule has 1 atom stereocenters. The van der Waals surface area contributed by atoms with E-state index in [9.17, 15) is 4.79 Å². The average molecular weight is 317 g/mol. The second-order valence-corrected chi connectivity index (χ2v) is 6.99. The van der Waals surface area contributed by atoms with Crippen LogP contribution in [-0.4, -0.2) is 23.9 Å². The molecule has 5 heteroatoms. The summed E-state index contributed by atoms with van der Waals surface area (Å²) in [5, 5.41) is 1.01. The molecule has 1 unspecified atom stereocenters. The Balaban J connectivity index is 2.64. The molecule has 0 fully saturated rings. The van der Waals surface area contributed by atoms with Crippen LogP contribution >= 0.6 is 23.2 Å². The molecule has 1 rings (SSSR count). The Hall–Kier alpha value is -0.770. The van der Waals surface area contributed by atoms with Crippen molar-refractivity contribution in [1.82, 2.24) is 4.90 Å². The van der Waals surface area contributed by atoms with Gasteiger partial charge in [0, 0.05) is 26.1 Å². The Morgan fingerprint density at radius 3 is 2.40 bits per heavy atom. The lowest BCUT2D eigenvalue weighted by atomic mass is 9.85. The van der Waals surface area contributed by atoms with Crippen LogP contribution in [0, 0.1) is 5.41 Å². The Morgan fingerprint density at radius 1 is 1.30 bits per heavy atom. The number of hydrogen-bond donors (Lipinski definition) is 1. The maximum atomic E-state index is 12.1. The van der Waals surface area contributed by atoms with Crippen LogP contribution < -0.4 is 5.73 Å². The number of carbonyl (C=O) groups is 1. The van der Waals surface area contributed by atoms with E-state index >= 15 is 0 Å². The summed E-state index contributed by atoms with van der Waals surface area (Å²) in [6, 6.07) is 5.21. The van der Waals surface area contributed by atoms with Crippen molar-refractivity contribution in [3.8, 4) is 0 Å². The van der Waals surface area contributed by atoms with Crippen LogP contribution in [0.3, 0.4) is 0 Å². The molecule has 1 amide bonds. The molecule has 0 radical (unpaired) electrons. The van der Waals surface area contributed by atoms with E-state index in [2.05, 4.69) is 0 Å². The monoisotopic (exact) mass is 316 g/mol. The van der Waals surface area contributed by atoms with Gasteiger partial charge in [0.25, 0.3) is 0 Å². The lowest BCUT2D eigenvalue weighted by Gasteiger charge is -2.28. The molecule has 2 N–H and O–H groups in total. The van der Waals surface area contributed by atoms with E-state index in [4.69, 9.17) is 28.9 Å². The molecule has 1 aromatic rings. The van der Waals surface area contributed by atoms with Crippen molar-refractivity contribution in [3.05, 3.63) is 33.8 Å². The minimum atomic E-state index is -0.161. The molecule has 0 saturated heterocycles. The molecule has 1 aromatic carbocycles. The van der Waals surface area contributed by atoms with Crippen LogP contribution in [0.5, 0.6) is 0 Å². The minimum Gasteiger partial charge on any atom is -0.341 e. The predicted octanol–water partition coefficient (Wildman–Crippen LogP) is 3.72. The zero-order valence-electron chi connectivity index (χ0n) is 12.4. The molecule has 0 aliphatic rings. The van der Waals surface area contributed by atoms with Gasteiger partial charge in [0.2, 0.25) is 5.91 Å². The van der Waals surface area contributed by atoms with Crippen LogP contribution in [-0.2, 0) is 11.3 Å². The van der Waals surface area contributed by atoms with Gasteiger partial charge in [-0.25, -0.2) is 0 Å². The van der Waals surface area contributed by atoms with E-state index in [0.717, 1.165) is 5.56 Å². The van der Waals surface area contributed by atoms with E-state index in [1.807, 2.05) is 26.8 Å². The van der Waals surface area contributed by atoms with Crippen molar-refractivity contribution in [3.63, 3.8) is 0 Å². The van der Waals surface area contributed by atoms with Crippen LogP contribution in [0.2, 0.25) is 10.0 Å². The number of nitrogens with two attached hydrogens (primary N) is 1. The number of halogens is 2. The van der Waals surface area contributed by atoms with Gasteiger partial charge < -0.3 is 10.6 Å². The Morgan fingerprint density at radius 2 is 1.90 bits per heavy atom. The maximum Gasteiger partial charge on any atom is 0.224 e. The maximum absolute atomic E-state index is 12.1. The third kappa shape index (κ3) is 4.97. The van der Waals surface area contributed by atoms with Crippen LogP contribution in [0.15, 0.2) is 18.2 Å². The topological polar surface area (TPSA) is 46.3 Å². The minimum absolute atomic E-state index is 0.0264. The Kier molecular flexibility index (Phi) is 5.87. The van der Waals surface area contributed by atoms with Gasteiger partial charge in [-0.05, 0) is 23.1 Å². The lowest BCUT2D eigenvalue weighted by Crippen LogP contribution is -2.40. The number of carbonyl (C=O) groups excluding carboxylic acids is 1. The summed E-state index contributed by atoms with van der Waals surface area (Å²) in [4.78, 5) is 13.8. The average Bonchev–Trinajstić information content (AvgIpc) is 2.32. The molecule has 20 heavy (non-hydrogen) atoms. The zero-order chi connectivity index (χ0) is 15.5. The second-order valence-electron chi connectivity index (χ2n) is 6.17. The number of hydrogen-bond acceptors (Lipinski definition) is 2. The van der Waals surface area contributed by atoms with E-state index in [-0.39, 0.29) is 17.4 Å². The number of amides is 1. The zero-order valence-corrected chi connectivity index (χ0v) is 13.9. The number of benzene rings is 1. The summed E-state index contributed by atoms with van der Waals surface area (Å²) < 4.78 is 0. The first-order valence-electron chi connectivity index (χ1n) is 6.54. The summed E-state index contributed by atoms with van der Waals surface area (Å²) in [5.41, 5.74) is 6.90. The predicted molar refractivity (Wildman–Crippen MR) is 85.0 cm³/mol. The third-order valence-corrected chi connectivity index (χ3v) is 4.08. The van der Waals surface area contributed by atoms with Crippen molar-refractivity contribution in [2.75, 3.05) is 7.05 Å². The molecular weight excluding hydrogens is 295 g/mol. The third-order valence-electron chi connectivity index (χ3n) is 3.34. The lowest BCUT2D eigenvalue weighted by molar-refractivity contribution is -0.131. The first-order chi connectivity index (χ1) is 9.11. The highest BCUT2D eigenvalue weighted by atomic mass is 35.5. The van der Waals surface area contributed by atoms with E-state index < -0.39 is 0 Å². The van der Waals surface area contributed by atoms with Gasteiger partial charge in [0.1, 0.15) is 0 Å². The summed E-state index contributed by atoms with van der Waals surface area (Å²) in [5.74, 6) is 0.0264. The molecule has 3 nitrogen and oxygen atoms in total. The van der Waals surface area contributed by atoms with E-state index in [0.29, 0.717) is 23.0 Å². The highest BCUT2D eigenvalue weighted by Gasteiger charge is 2.24. The van der Waals surface area contributed by atoms with Crippen molar-refractivity contribution >= 4 is 29.1 Å². The van der Waals surface area contributed by atoms with Gasteiger partial charge in [0.05, 0.1) is 10.0 Å². The summed E-state index contributed by atoms with van der Waals surface area (Å²) in [6.45, 7) is 6.59. The highest BCUT2D eigenvalue weighted by molar-refractivity contribution is 6.42. The molecule has 0 aliphatic heterocycles. The van der Waals surface area contributed by atoms with Gasteiger partial charge in [-0.2, -0.15) is 0 Å². The van der Waals surface area contributed by atoms with E-state index in [1.54, 1.807) is 24.1 Å². The summed E-state index contributed by atoms with van der Waals surface area (Å²) in [7, 11) is 1.76. The van der Waals surface area contributed by atoms with Gasteiger partial charge >= 0.3 is 0 Å². The highest BCUT2D eigenvalue weighted by Crippen LogP contribution is 2.24. The normalized spacial score (nSPS) is 13.2. The SMILES string of the molecule is CN(Cc1ccc(Cl)c(Cl)c1)C(=O)CC(N)C(C)(C)C. The Labute approximate surface area is 131 Å². The molecule has 0 saturated carbocycles. The molecule has 112 valence electrons. The van der Waals surface area contributed by atoms with Crippen molar-refractivity contribution in [2.24, 2.45) is 11.1 Å². The molecule has 0 heterocycles. The second kappa shape index (κ2) is 6.79. The largest absolute Gasteiger partial charge is 0.341 e. The summed E-state index contributed by atoms with van der Waals surface area (Å²) >= 11 is 11.8. The fraction of sp³-hybridized carbons (Fsp3) is 0.533. The fourth-order valence-electron chi connectivity index (χ4n) is 1.65. The van der Waals surface area contributed by atoms with Crippen LogP contribution in [0.25, 0.3) is 0 Å². The van der Waals surface area contributed by atoms with Gasteiger partial charge in [-0.15, -0.1) is 0 Å². The fourth-order valence-corrected chi connectivity index (χ4v) is 1.97. The Bertz CT molecular complexity index is 483. The van der Waals surface area contributed by atoms with Crippen molar-refractivity contribution in [1.29, 1.82) is 0 Å². The van der Waals surface area contributed by atoms with Gasteiger partial charge in [-0.3, -0.25) is 4.79 Å². The molecule has 0 bridgehead atoms. The summed E-state index contributed by atoms with van der Waals surface area (Å²) in [6.07, 6.45) is 0.335. The van der Waals surface area contributed by atoms with Crippen molar-refractivity contribution in [2.45, 2.75) is 39.8 Å². The molecule has 0 aliphatic carbocycles. The smallest absolute Gasteiger partial charge is 0.224 e. The molecular formula is C15H22Cl2N2O. The van der Waals surface area contributed by atoms with Gasteiger partial charge in [-0.1, -0.05) is 50.0 Å². The number of rotatable bonds is 4. The van der Waals surface area contributed by atoms with Gasteiger partial charge in [0.15, 0.2) is 0 Å². The molecule has 0 spiro atoms.